The lowest BCUT2D eigenvalue weighted by Gasteiger charge is -2.20. The van der Waals surface area contributed by atoms with Crippen LogP contribution in [0.1, 0.15) is 5.56 Å². The zero-order valence-electron chi connectivity index (χ0n) is 12.0. The fraction of sp³-hybridized carbons (Fsp3) is 0.333. The van der Waals surface area contributed by atoms with Gasteiger partial charge >= 0.3 is 0 Å². The van der Waals surface area contributed by atoms with E-state index < -0.39 is 5.91 Å². The summed E-state index contributed by atoms with van der Waals surface area (Å²) in [4.78, 5) is 13.3. The fourth-order valence-electron chi connectivity index (χ4n) is 1.79. The van der Waals surface area contributed by atoms with Crippen LogP contribution >= 0.6 is 15.9 Å². The van der Waals surface area contributed by atoms with Crippen LogP contribution in [0.5, 0.6) is 0 Å². The van der Waals surface area contributed by atoms with Gasteiger partial charge in [0.05, 0.1) is 13.2 Å². The SMILES string of the molecule is N#C/C(=C/NCc1cccc(Br)c1)C(=O)N(CCO)CCO. The molecule has 0 atom stereocenters. The molecular formula is C15H18BrN3O3. The fourth-order valence-corrected chi connectivity index (χ4v) is 2.23. The Morgan fingerprint density at radius 1 is 1.36 bits per heavy atom. The molecule has 118 valence electrons. The average molecular weight is 368 g/mol. The normalized spacial score (nSPS) is 10.9. The zero-order chi connectivity index (χ0) is 16.4. The second-order valence-electron chi connectivity index (χ2n) is 4.42. The molecule has 3 N–H and O–H groups in total. The van der Waals surface area contributed by atoms with Crippen LogP contribution in [-0.4, -0.2) is 47.3 Å². The first kappa shape index (κ1) is 18.2. The minimum Gasteiger partial charge on any atom is -0.395 e. The highest BCUT2D eigenvalue weighted by Gasteiger charge is 2.17. The van der Waals surface area contributed by atoms with Gasteiger partial charge in [0.1, 0.15) is 11.6 Å². The van der Waals surface area contributed by atoms with Crippen molar-refractivity contribution in [2.45, 2.75) is 6.54 Å². The van der Waals surface area contributed by atoms with Crippen molar-refractivity contribution < 1.29 is 15.0 Å². The number of nitrogens with zero attached hydrogens (tertiary/aromatic N) is 2. The number of nitrogens with one attached hydrogen (secondary N) is 1. The number of halogens is 1. The van der Waals surface area contributed by atoms with E-state index in [1.807, 2.05) is 30.3 Å². The molecule has 0 aromatic heterocycles. The molecule has 7 heteroatoms. The summed E-state index contributed by atoms with van der Waals surface area (Å²) in [5.74, 6) is -0.521. The zero-order valence-corrected chi connectivity index (χ0v) is 13.6. The molecule has 0 bridgehead atoms. The van der Waals surface area contributed by atoms with Crippen molar-refractivity contribution in [1.82, 2.24) is 10.2 Å². The van der Waals surface area contributed by atoms with Crippen LogP contribution in [0.4, 0.5) is 0 Å². The summed E-state index contributed by atoms with van der Waals surface area (Å²) in [6.45, 7) is 0.165. The number of aliphatic hydroxyl groups excluding tert-OH is 2. The van der Waals surface area contributed by atoms with Crippen molar-refractivity contribution in [3.05, 3.63) is 46.1 Å². The predicted molar refractivity (Wildman–Crippen MR) is 85.4 cm³/mol. The van der Waals surface area contributed by atoms with Gasteiger partial charge in [-0.3, -0.25) is 4.79 Å². The number of hydrogen-bond acceptors (Lipinski definition) is 5. The second-order valence-corrected chi connectivity index (χ2v) is 5.34. The van der Waals surface area contributed by atoms with Crippen molar-refractivity contribution >= 4 is 21.8 Å². The molecule has 1 amide bonds. The van der Waals surface area contributed by atoms with E-state index >= 15 is 0 Å². The molecule has 0 aliphatic carbocycles. The van der Waals surface area contributed by atoms with Crippen LogP contribution in [0.15, 0.2) is 40.5 Å². The highest BCUT2D eigenvalue weighted by atomic mass is 79.9. The van der Waals surface area contributed by atoms with Crippen molar-refractivity contribution in [3.63, 3.8) is 0 Å². The lowest BCUT2D eigenvalue weighted by atomic mass is 10.2. The lowest BCUT2D eigenvalue weighted by molar-refractivity contribution is -0.127. The van der Waals surface area contributed by atoms with E-state index in [4.69, 9.17) is 15.5 Å². The maximum Gasteiger partial charge on any atom is 0.266 e. The molecule has 1 rings (SSSR count). The number of nitriles is 1. The number of benzene rings is 1. The van der Waals surface area contributed by atoms with Crippen LogP contribution in [-0.2, 0) is 11.3 Å². The van der Waals surface area contributed by atoms with Gasteiger partial charge in [0.15, 0.2) is 0 Å². The Balaban J connectivity index is 2.69. The third-order valence-corrected chi connectivity index (χ3v) is 3.31. The molecule has 1 aromatic carbocycles. The van der Waals surface area contributed by atoms with Gasteiger partial charge in [-0.05, 0) is 17.7 Å². The van der Waals surface area contributed by atoms with Crippen molar-refractivity contribution in [1.29, 1.82) is 5.26 Å². The van der Waals surface area contributed by atoms with Gasteiger partial charge in [-0.25, -0.2) is 0 Å². The molecule has 6 nitrogen and oxygen atoms in total. The largest absolute Gasteiger partial charge is 0.395 e. The quantitative estimate of drug-likeness (QED) is 0.465. The molecular weight excluding hydrogens is 350 g/mol. The summed E-state index contributed by atoms with van der Waals surface area (Å²) in [5, 5.41) is 29.8. The highest BCUT2D eigenvalue weighted by molar-refractivity contribution is 9.10. The Kier molecular flexibility index (Phi) is 8.22. The van der Waals surface area contributed by atoms with Crippen LogP contribution in [0, 0.1) is 11.3 Å². The second kappa shape index (κ2) is 9.95. The Bertz CT molecular complexity index is 563. The van der Waals surface area contributed by atoms with Crippen LogP contribution in [0.25, 0.3) is 0 Å². The summed E-state index contributed by atoms with van der Waals surface area (Å²) in [7, 11) is 0. The monoisotopic (exact) mass is 367 g/mol. The molecule has 0 saturated heterocycles. The number of carbonyl (C=O) groups is 1. The minimum absolute atomic E-state index is 0.0723. The third-order valence-electron chi connectivity index (χ3n) is 2.82. The maximum atomic E-state index is 12.1. The molecule has 0 aliphatic rings. The van der Waals surface area contributed by atoms with E-state index in [2.05, 4.69) is 21.2 Å². The number of rotatable bonds is 8. The van der Waals surface area contributed by atoms with Gasteiger partial charge in [-0.15, -0.1) is 0 Å². The van der Waals surface area contributed by atoms with Crippen LogP contribution in [0.3, 0.4) is 0 Å². The van der Waals surface area contributed by atoms with E-state index in [0.717, 1.165) is 10.0 Å². The molecule has 0 fully saturated rings. The molecule has 0 heterocycles. The summed E-state index contributed by atoms with van der Waals surface area (Å²) in [6.07, 6.45) is 1.35. The minimum atomic E-state index is -0.521. The van der Waals surface area contributed by atoms with Crippen LogP contribution in [0.2, 0.25) is 0 Å². The standard InChI is InChI=1S/C15H18BrN3O3/c16-14-3-1-2-12(8-14)10-18-11-13(9-17)15(22)19(4-6-20)5-7-21/h1-3,8,11,18,20-21H,4-7,10H2/b13-11-. The summed E-state index contributed by atoms with van der Waals surface area (Å²) >= 11 is 3.37. The van der Waals surface area contributed by atoms with Gasteiger partial charge in [-0.1, -0.05) is 28.1 Å². The summed E-state index contributed by atoms with van der Waals surface area (Å²) in [6, 6.07) is 9.48. The van der Waals surface area contributed by atoms with E-state index in [-0.39, 0.29) is 31.9 Å². The van der Waals surface area contributed by atoms with Gasteiger partial charge in [-0.2, -0.15) is 5.26 Å². The molecule has 1 aromatic rings. The lowest BCUT2D eigenvalue weighted by Crippen LogP contribution is -2.37. The predicted octanol–water partition coefficient (Wildman–Crippen LogP) is 0.759. The Labute approximate surface area is 137 Å². The number of carbonyl (C=O) groups excluding carboxylic acids is 1. The summed E-state index contributed by atoms with van der Waals surface area (Å²) < 4.78 is 0.949. The number of hydrogen-bond donors (Lipinski definition) is 3. The molecule has 0 saturated carbocycles. The number of amides is 1. The maximum absolute atomic E-state index is 12.1. The topological polar surface area (TPSA) is 96.6 Å². The molecule has 0 unspecified atom stereocenters. The van der Waals surface area contributed by atoms with E-state index in [0.29, 0.717) is 6.54 Å². The molecule has 0 aliphatic heterocycles. The Morgan fingerprint density at radius 2 is 2.05 bits per heavy atom. The van der Waals surface area contributed by atoms with Gasteiger partial charge in [0.25, 0.3) is 5.91 Å². The van der Waals surface area contributed by atoms with Crippen LogP contribution < -0.4 is 5.32 Å². The van der Waals surface area contributed by atoms with E-state index in [9.17, 15) is 4.79 Å². The first-order valence-electron chi connectivity index (χ1n) is 6.71. The first-order valence-corrected chi connectivity index (χ1v) is 7.50. The molecule has 0 radical (unpaired) electrons. The molecule has 0 spiro atoms. The first-order chi connectivity index (χ1) is 10.6. The third kappa shape index (κ3) is 5.85. The summed E-state index contributed by atoms with van der Waals surface area (Å²) in [5.41, 5.74) is 0.926. The number of aliphatic hydroxyl groups is 2. The average Bonchev–Trinajstić information content (AvgIpc) is 2.51. The van der Waals surface area contributed by atoms with Gasteiger partial charge in [0.2, 0.25) is 0 Å². The molecule has 22 heavy (non-hydrogen) atoms. The van der Waals surface area contributed by atoms with E-state index in [1.165, 1.54) is 11.1 Å². The Hall–Kier alpha value is -1.88. The highest BCUT2D eigenvalue weighted by Crippen LogP contribution is 2.11. The van der Waals surface area contributed by atoms with E-state index in [1.54, 1.807) is 0 Å². The van der Waals surface area contributed by atoms with Gasteiger partial charge in [0, 0.05) is 30.3 Å². The van der Waals surface area contributed by atoms with Crippen molar-refractivity contribution in [2.24, 2.45) is 0 Å². The van der Waals surface area contributed by atoms with Crippen molar-refractivity contribution in [3.8, 4) is 6.07 Å². The smallest absolute Gasteiger partial charge is 0.266 e. The van der Waals surface area contributed by atoms with Crippen molar-refractivity contribution in [2.75, 3.05) is 26.3 Å². The van der Waals surface area contributed by atoms with Gasteiger partial charge < -0.3 is 20.4 Å². The Morgan fingerprint density at radius 3 is 2.59 bits per heavy atom.